The van der Waals surface area contributed by atoms with Crippen molar-refractivity contribution in [3.05, 3.63) is 59.1 Å². The van der Waals surface area contributed by atoms with Gasteiger partial charge in [-0.2, -0.15) is 0 Å². The lowest BCUT2D eigenvalue weighted by Crippen LogP contribution is -2.40. The molecule has 0 fully saturated rings. The minimum absolute atomic E-state index is 0.250. The molecule has 1 amide bonds. The predicted molar refractivity (Wildman–Crippen MR) is 99.7 cm³/mol. The van der Waals surface area contributed by atoms with Gasteiger partial charge >= 0.3 is 0 Å². The third kappa shape index (κ3) is 5.80. The second-order valence-corrected chi connectivity index (χ2v) is 6.07. The van der Waals surface area contributed by atoms with E-state index in [1.807, 2.05) is 0 Å². The van der Waals surface area contributed by atoms with Crippen LogP contribution in [-0.4, -0.2) is 32.0 Å². The third-order valence-corrected chi connectivity index (χ3v) is 4.01. The van der Waals surface area contributed by atoms with E-state index in [0.717, 1.165) is 11.6 Å². The molecule has 6 nitrogen and oxygen atoms in total. The van der Waals surface area contributed by atoms with Crippen LogP contribution in [0.5, 0.6) is 0 Å². The zero-order valence-corrected chi connectivity index (χ0v) is 15.6. The Balaban J connectivity index is 1.74. The molecule has 27 heavy (non-hydrogen) atoms. The Morgan fingerprint density at radius 1 is 1.22 bits per heavy atom. The van der Waals surface area contributed by atoms with Gasteiger partial charge in [-0.15, -0.1) is 0 Å². The molecule has 1 aromatic carbocycles. The van der Waals surface area contributed by atoms with Gasteiger partial charge in [-0.05, 0) is 32.4 Å². The number of nitrogens with one attached hydrogen (secondary N) is 3. The van der Waals surface area contributed by atoms with Crippen LogP contribution in [0.25, 0.3) is 0 Å². The first kappa shape index (κ1) is 20.4. The topological polar surface area (TPSA) is 78.7 Å². The van der Waals surface area contributed by atoms with Gasteiger partial charge in [0.2, 0.25) is 0 Å². The van der Waals surface area contributed by atoms with E-state index in [0.29, 0.717) is 36.8 Å². The number of halogens is 2. The van der Waals surface area contributed by atoms with Gasteiger partial charge in [-0.25, -0.2) is 8.78 Å². The minimum atomic E-state index is -0.613. The van der Waals surface area contributed by atoms with Crippen LogP contribution in [0.3, 0.4) is 0 Å². The third-order valence-electron chi connectivity index (χ3n) is 4.01. The van der Waals surface area contributed by atoms with Gasteiger partial charge in [-0.3, -0.25) is 9.79 Å². The summed E-state index contributed by atoms with van der Waals surface area (Å²) in [6.45, 7) is 4.58. The number of rotatable bonds is 7. The lowest BCUT2D eigenvalue weighted by molar-refractivity contribution is 0.0925. The highest BCUT2D eigenvalue weighted by Gasteiger charge is 2.13. The van der Waals surface area contributed by atoms with Crippen molar-refractivity contribution in [3.63, 3.8) is 0 Å². The smallest absolute Gasteiger partial charge is 0.287 e. The molecule has 8 heteroatoms. The maximum atomic E-state index is 13.8. The molecule has 146 valence electrons. The number of hydrogen-bond donors (Lipinski definition) is 3. The van der Waals surface area contributed by atoms with Gasteiger partial charge in [0.25, 0.3) is 5.91 Å². The molecule has 3 N–H and O–H groups in total. The summed E-state index contributed by atoms with van der Waals surface area (Å²) in [5.74, 6) is -0.672. The van der Waals surface area contributed by atoms with Gasteiger partial charge in [0.15, 0.2) is 11.7 Å². The average molecular weight is 378 g/mol. The van der Waals surface area contributed by atoms with Gasteiger partial charge < -0.3 is 20.4 Å². The second-order valence-electron chi connectivity index (χ2n) is 6.07. The summed E-state index contributed by atoms with van der Waals surface area (Å²) in [6, 6.07) is 4.82. The largest absolute Gasteiger partial charge is 0.459 e. The number of benzene rings is 1. The van der Waals surface area contributed by atoms with E-state index in [4.69, 9.17) is 4.42 Å². The molecule has 0 spiro atoms. The van der Waals surface area contributed by atoms with Gasteiger partial charge in [0, 0.05) is 37.3 Å². The average Bonchev–Trinajstić information content (AvgIpc) is 3.06. The standard InChI is InChI=1S/C19H24F2N4O2/c1-12-7-10-27-17(12)18(26)23-8-4-9-24-19(22-3)25-13(2)15-6-5-14(20)11-16(15)21/h5-7,10-11,13H,4,8-9H2,1-3H3,(H,23,26)(H2,22,24,25). The van der Waals surface area contributed by atoms with Crippen molar-refractivity contribution >= 4 is 11.9 Å². The highest BCUT2D eigenvalue weighted by Crippen LogP contribution is 2.17. The van der Waals surface area contributed by atoms with Crippen LogP contribution in [0, 0.1) is 18.6 Å². The molecule has 2 rings (SSSR count). The van der Waals surface area contributed by atoms with E-state index in [9.17, 15) is 13.6 Å². The Kier molecular flexibility index (Phi) is 7.34. The quantitative estimate of drug-likeness (QED) is 0.393. The van der Waals surface area contributed by atoms with Crippen LogP contribution in [-0.2, 0) is 0 Å². The monoisotopic (exact) mass is 378 g/mol. The minimum Gasteiger partial charge on any atom is -0.459 e. The SMILES string of the molecule is CN=C(NCCCNC(=O)c1occc1C)NC(C)c1ccc(F)cc1F. The molecular formula is C19H24F2N4O2. The van der Waals surface area contributed by atoms with Crippen molar-refractivity contribution in [3.8, 4) is 0 Å². The van der Waals surface area contributed by atoms with Crippen molar-refractivity contribution in [2.45, 2.75) is 26.3 Å². The number of aryl methyl sites for hydroxylation is 1. The normalized spacial score (nSPS) is 12.6. The van der Waals surface area contributed by atoms with Crippen molar-refractivity contribution in [2.24, 2.45) is 4.99 Å². The molecule has 0 bridgehead atoms. The molecule has 0 saturated heterocycles. The summed E-state index contributed by atoms with van der Waals surface area (Å²) in [7, 11) is 1.60. The first-order chi connectivity index (χ1) is 12.9. The number of amides is 1. The van der Waals surface area contributed by atoms with E-state index in [2.05, 4.69) is 20.9 Å². The predicted octanol–water partition coefficient (Wildman–Crippen LogP) is 2.91. The number of carbonyl (C=O) groups is 1. The number of hydrogen-bond acceptors (Lipinski definition) is 3. The van der Waals surface area contributed by atoms with Crippen LogP contribution in [0.4, 0.5) is 8.78 Å². The fourth-order valence-corrected chi connectivity index (χ4v) is 2.51. The zero-order chi connectivity index (χ0) is 19.8. The summed E-state index contributed by atoms with van der Waals surface area (Å²) in [5, 5.41) is 8.91. The van der Waals surface area contributed by atoms with E-state index in [1.54, 1.807) is 27.0 Å². The molecular weight excluding hydrogens is 354 g/mol. The molecule has 0 aliphatic rings. The Hall–Kier alpha value is -2.90. The van der Waals surface area contributed by atoms with E-state index in [1.165, 1.54) is 18.4 Å². The van der Waals surface area contributed by atoms with Crippen molar-refractivity contribution < 1.29 is 18.0 Å². The Bertz CT molecular complexity index is 805. The lowest BCUT2D eigenvalue weighted by atomic mass is 10.1. The Labute approximate surface area is 157 Å². The first-order valence-corrected chi connectivity index (χ1v) is 8.66. The van der Waals surface area contributed by atoms with Gasteiger partial charge in [0.1, 0.15) is 11.6 Å². The molecule has 0 saturated carbocycles. The highest BCUT2D eigenvalue weighted by atomic mass is 19.1. The maximum absolute atomic E-state index is 13.8. The fourth-order valence-electron chi connectivity index (χ4n) is 2.51. The van der Waals surface area contributed by atoms with Crippen molar-refractivity contribution in [1.82, 2.24) is 16.0 Å². The Morgan fingerprint density at radius 3 is 2.59 bits per heavy atom. The molecule has 0 aliphatic carbocycles. The number of guanidine groups is 1. The fraction of sp³-hybridized carbons (Fsp3) is 0.368. The lowest BCUT2D eigenvalue weighted by Gasteiger charge is -2.19. The van der Waals surface area contributed by atoms with Crippen LogP contribution in [0.1, 0.15) is 41.1 Å². The van der Waals surface area contributed by atoms with E-state index < -0.39 is 17.7 Å². The molecule has 1 heterocycles. The Morgan fingerprint density at radius 2 is 1.96 bits per heavy atom. The molecule has 2 aromatic rings. The summed E-state index contributed by atoms with van der Waals surface area (Å²) in [5.41, 5.74) is 1.14. The van der Waals surface area contributed by atoms with E-state index >= 15 is 0 Å². The first-order valence-electron chi connectivity index (χ1n) is 8.66. The van der Waals surface area contributed by atoms with Gasteiger partial charge in [-0.1, -0.05) is 6.07 Å². The highest BCUT2D eigenvalue weighted by molar-refractivity contribution is 5.92. The molecule has 1 unspecified atom stereocenters. The van der Waals surface area contributed by atoms with Crippen molar-refractivity contribution in [2.75, 3.05) is 20.1 Å². The van der Waals surface area contributed by atoms with Crippen LogP contribution < -0.4 is 16.0 Å². The van der Waals surface area contributed by atoms with Crippen LogP contribution in [0.15, 0.2) is 39.9 Å². The number of nitrogens with zero attached hydrogens (tertiary/aromatic N) is 1. The number of furan rings is 1. The van der Waals surface area contributed by atoms with Crippen LogP contribution >= 0.6 is 0 Å². The van der Waals surface area contributed by atoms with Gasteiger partial charge in [0.05, 0.1) is 12.3 Å². The maximum Gasteiger partial charge on any atom is 0.287 e. The summed E-state index contributed by atoms with van der Waals surface area (Å²) >= 11 is 0. The number of aliphatic imine (C=N–C) groups is 1. The number of carbonyl (C=O) groups excluding carboxylic acids is 1. The molecule has 1 aromatic heterocycles. The van der Waals surface area contributed by atoms with Crippen molar-refractivity contribution in [1.29, 1.82) is 0 Å². The molecule has 1 atom stereocenters. The summed E-state index contributed by atoms with van der Waals surface area (Å²) in [4.78, 5) is 16.0. The molecule has 0 radical (unpaired) electrons. The van der Waals surface area contributed by atoms with Crippen LogP contribution in [0.2, 0.25) is 0 Å². The van der Waals surface area contributed by atoms with E-state index in [-0.39, 0.29) is 5.91 Å². The second kappa shape index (κ2) is 9.70. The summed E-state index contributed by atoms with van der Waals surface area (Å²) < 4.78 is 32.0. The zero-order valence-electron chi connectivity index (χ0n) is 15.6. The summed E-state index contributed by atoms with van der Waals surface area (Å²) in [6.07, 6.45) is 2.14. The molecule has 0 aliphatic heterocycles.